The van der Waals surface area contributed by atoms with Gasteiger partial charge >= 0.3 is 5.97 Å². The molecule has 1 N–H and O–H groups in total. The van der Waals surface area contributed by atoms with Gasteiger partial charge in [-0.25, -0.2) is 13.2 Å². The molecule has 2 heterocycles. The van der Waals surface area contributed by atoms with E-state index in [2.05, 4.69) is 10.1 Å². The van der Waals surface area contributed by atoms with E-state index in [9.17, 15) is 18.0 Å². The lowest BCUT2D eigenvalue weighted by atomic mass is 10.1. The van der Waals surface area contributed by atoms with Gasteiger partial charge < -0.3 is 9.47 Å². The van der Waals surface area contributed by atoms with Crippen LogP contribution in [0.25, 0.3) is 6.08 Å². The Balaban J connectivity index is 1.62. The van der Waals surface area contributed by atoms with Gasteiger partial charge in [-0.3, -0.25) is 10.2 Å². The van der Waals surface area contributed by atoms with Crippen molar-refractivity contribution in [3.05, 3.63) is 64.2 Å². The summed E-state index contributed by atoms with van der Waals surface area (Å²) in [5.74, 6) is -1.40. The van der Waals surface area contributed by atoms with Crippen LogP contribution in [0.3, 0.4) is 0 Å². The molecule has 0 spiro atoms. The Hall–Kier alpha value is -3.48. The van der Waals surface area contributed by atoms with Crippen LogP contribution in [0, 0.1) is 5.41 Å². The molecule has 2 aliphatic rings. The Morgan fingerprint density at radius 3 is 2.62 bits per heavy atom. The number of hydrazone groups is 1. The number of carbonyl (C=O) groups is 2. The number of fused-ring (bicyclic) bond motifs is 1. The lowest BCUT2D eigenvalue weighted by molar-refractivity contribution is -0.114. The summed E-state index contributed by atoms with van der Waals surface area (Å²) in [5.41, 5.74) is 0.524. The number of sulfone groups is 1. The Morgan fingerprint density at radius 2 is 1.94 bits per heavy atom. The summed E-state index contributed by atoms with van der Waals surface area (Å²) < 4.78 is 34.0. The van der Waals surface area contributed by atoms with Crippen molar-refractivity contribution in [3.63, 3.8) is 0 Å². The highest BCUT2D eigenvalue weighted by Gasteiger charge is 2.38. The van der Waals surface area contributed by atoms with Crippen molar-refractivity contribution < 1.29 is 27.5 Å². The fraction of sp³-hybridized carbons (Fsp3) is 0.0952. The number of nitrogens with one attached hydrogen (secondary N) is 1. The van der Waals surface area contributed by atoms with Crippen LogP contribution < -0.4 is 9.47 Å². The minimum absolute atomic E-state index is 0.00742. The van der Waals surface area contributed by atoms with E-state index in [0.717, 1.165) is 11.3 Å². The minimum Gasteiger partial charge on any atom is -0.493 e. The molecule has 0 aromatic heterocycles. The molecule has 0 fully saturated rings. The first kappa shape index (κ1) is 23.7. The zero-order valence-corrected chi connectivity index (χ0v) is 20.0. The molecule has 0 unspecified atom stereocenters. The van der Waals surface area contributed by atoms with E-state index < -0.39 is 21.7 Å². The zero-order valence-electron chi connectivity index (χ0n) is 17.6. The van der Waals surface area contributed by atoms with E-state index in [1.807, 2.05) is 0 Å². The minimum atomic E-state index is -3.63. The van der Waals surface area contributed by atoms with Crippen molar-refractivity contribution in [1.29, 1.82) is 5.41 Å². The molecule has 0 atom stereocenters. The van der Waals surface area contributed by atoms with Crippen LogP contribution in [0.4, 0.5) is 0 Å². The standard InChI is InChI=1S/C21H15ClN4O6S2/c1-31-16-10-11(7-8-15(16)32-19(28)12-5-3-4-6-14(12)22)9-13-17(23)26-20(24-18(13)27)33-21(25-26)34(2,29)30/h3-10,23H,1-2H3/b13-9+,23-17?. The van der Waals surface area contributed by atoms with Gasteiger partial charge in [-0.05, 0) is 47.7 Å². The molecular formula is C21H15ClN4O6S2. The van der Waals surface area contributed by atoms with Crippen molar-refractivity contribution in [2.24, 2.45) is 10.1 Å². The van der Waals surface area contributed by atoms with Crippen LogP contribution in [-0.2, 0) is 14.6 Å². The maximum Gasteiger partial charge on any atom is 0.345 e. The van der Waals surface area contributed by atoms with E-state index in [1.54, 1.807) is 24.3 Å². The molecule has 0 saturated carbocycles. The van der Waals surface area contributed by atoms with Gasteiger partial charge in [0.25, 0.3) is 5.91 Å². The van der Waals surface area contributed by atoms with Crippen LogP contribution in [-0.4, -0.2) is 54.0 Å². The molecule has 34 heavy (non-hydrogen) atoms. The third-order valence-corrected chi connectivity index (χ3v) is 7.46. The Labute approximate surface area is 203 Å². The van der Waals surface area contributed by atoms with Crippen molar-refractivity contribution in [3.8, 4) is 11.5 Å². The number of hydrogen-bond acceptors (Lipinski definition) is 9. The van der Waals surface area contributed by atoms with Crippen molar-refractivity contribution in [1.82, 2.24) is 5.01 Å². The average molecular weight is 519 g/mol. The molecule has 0 bridgehead atoms. The zero-order chi connectivity index (χ0) is 24.6. The Bertz CT molecular complexity index is 1450. The molecular weight excluding hydrogens is 504 g/mol. The average Bonchev–Trinajstić information content (AvgIpc) is 3.22. The third kappa shape index (κ3) is 4.60. The van der Waals surface area contributed by atoms with E-state index in [1.165, 1.54) is 31.4 Å². The third-order valence-electron chi connectivity index (χ3n) is 4.55. The number of halogens is 1. The SMILES string of the molecule is COc1cc(/C=C2\C(=N)N3N=C(S(C)(=O)=O)SC3=NC2=O)ccc1OC(=O)c1ccccc1Cl. The Kier molecular flexibility index (Phi) is 6.30. The van der Waals surface area contributed by atoms with Crippen LogP contribution >= 0.6 is 23.4 Å². The van der Waals surface area contributed by atoms with Crippen LogP contribution in [0.2, 0.25) is 5.02 Å². The maximum absolute atomic E-state index is 12.5. The lowest BCUT2D eigenvalue weighted by Gasteiger charge is -2.20. The highest BCUT2D eigenvalue weighted by Crippen LogP contribution is 2.33. The summed E-state index contributed by atoms with van der Waals surface area (Å²) in [7, 11) is -2.25. The Morgan fingerprint density at radius 1 is 1.21 bits per heavy atom. The number of amides is 1. The van der Waals surface area contributed by atoms with Crippen LogP contribution in [0.1, 0.15) is 15.9 Å². The molecule has 1 amide bonds. The number of methoxy groups -OCH3 is 1. The number of ether oxygens (including phenoxy) is 2. The molecule has 2 aromatic rings. The number of nitrogens with zero attached hydrogens (tertiary/aromatic N) is 3. The second-order valence-corrected chi connectivity index (χ2v) is 10.5. The van der Waals surface area contributed by atoms with Crippen molar-refractivity contribution in [2.45, 2.75) is 0 Å². The summed E-state index contributed by atoms with van der Waals surface area (Å²) in [4.78, 5) is 28.8. The first-order valence-electron chi connectivity index (χ1n) is 9.43. The highest BCUT2D eigenvalue weighted by molar-refractivity contribution is 8.42. The second kappa shape index (κ2) is 9.05. The van der Waals surface area contributed by atoms with Gasteiger partial charge in [-0.15, -0.1) is 5.10 Å². The van der Waals surface area contributed by atoms with E-state index in [0.29, 0.717) is 17.3 Å². The molecule has 13 heteroatoms. The number of esters is 1. The molecule has 4 rings (SSSR count). The molecule has 174 valence electrons. The second-order valence-electron chi connectivity index (χ2n) is 6.94. The molecule has 2 aliphatic heterocycles. The predicted molar refractivity (Wildman–Crippen MR) is 129 cm³/mol. The molecule has 0 aliphatic carbocycles. The smallest absolute Gasteiger partial charge is 0.345 e. The molecule has 2 aromatic carbocycles. The number of benzene rings is 2. The topological polar surface area (TPSA) is 139 Å². The van der Waals surface area contributed by atoms with Gasteiger partial charge in [0.1, 0.15) is 0 Å². The van der Waals surface area contributed by atoms with Gasteiger partial charge in [0.05, 0.1) is 23.3 Å². The molecule has 0 radical (unpaired) electrons. The highest BCUT2D eigenvalue weighted by atomic mass is 35.5. The summed E-state index contributed by atoms with van der Waals surface area (Å²) in [6, 6.07) is 11.0. The lowest BCUT2D eigenvalue weighted by Crippen LogP contribution is -2.35. The summed E-state index contributed by atoms with van der Waals surface area (Å²) in [5, 5.41) is 13.4. The number of hydrogen-bond donors (Lipinski definition) is 1. The largest absolute Gasteiger partial charge is 0.493 e. The quantitative estimate of drug-likeness (QED) is 0.370. The van der Waals surface area contributed by atoms with Crippen LogP contribution in [0.5, 0.6) is 11.5 Å². The number of rotatable bonds is 4. The summed E-state index contributed by atoms with van der Waals surface area (Å²) in [6.45, 7) is 0. The number of carbonyl (C=O) groups excluding carboxylic acids is 2. The van der Waals surface area contributed by atoms with E-state index in [-0.39, 0.29) is 43.0 Å². The first-order chi connectivity index (χ1) is 16.1. The maximum atomic E-state index is 12.5. The predicted octanol–water partition coefficient (Wildman–Crippen LogP) is 3.19. The number of thioether (sulfide) groups is 1. The van der Waals surface area contributed by atoms with Gasteiger partial charge in [0, 0.05) is 6.26 Å². The van der Waals surface area contributed by atoms with Gasteiger partial charge in [-0.1, -0.05) is 29.8 Å². The normalized spacial score (nSPS) is 16.8. The van der Waals surface area contributed by atoms with E-state index >= 15 is 0 Å². The first-order valence-corrected chi connectivity index (χ1v) is 12.5. The van der Waals surface area contributed by atoms with Gasteiger partial charge in [0.2, 0.25) is 19.4 Å². The van der Waals surface area contributed by atoms with Crippen molar-refractivity contribution in [2.75, 3.05) is 13.4 Å². The summed E-state index contributed by atoms with van der Waals surface area (Å²) >= 11 is 6.74. The van der Waals surface area contributed by atoms with E-state index in [4.69, 9.17) is 26.5 Å². The monoisotopic (exact) mass is 518 g/mol. The number of aliphatic imine (C=N–C) groups is 1. The fourth-order valence-electron chi connectivity index (χ4n) is 2.93. The van der Waals surface area contributed by atoms with Crippen LogP contribution in [0.15, 0.2) is 58.1 Å². The van der Waals surface area contributed by atoms with Gasteiger partial charge in [0.15, 0.2) is 17.3 Å². The molecule has 0 saturated heterocycles. The van der Waals surface area contributed by atoms with Crippen molar-refractivity contribution >= 4 is 66.5 Å². The summed E-state index contributed by atoms with van der Waals surface area (Å²) in [6.07, 6.45) is 2.36. The number of amidine groups is 2. The fourth-order valence-corrected chi connectivity index (χ4v) is 4.83. The molecule has 10 nitrogen and oxygen atoms in total. The van der Waals surface area contributed by atoms with Gasteiger partial charge in [-0.2, -0.15) is 10.0 Å².